The summed E-state index contributed by atoms with van der Waals surface area (Å²) < 4.78 is 10.6. The molecule has 148 valence electrons. The van der Waals surface area contributed by atoms with Crippen molar-refractivity contribution in [2.45, 2.75) is 33.1 Å². The number of rotatable bonds is 9. The molecule has 0 saturated carbocycles. The van der Waals surface area contributed by atoms with Gasteiger partial charge in [0.1, 0.15) is 5.75 Å². The lowest BCUT2D eigenvalue weighted by Gasteiger charge is -2.15. The highest BCUT2D eigenvalue weighted by atomic mass is 16.5. The molecule has 0 aliphatic heterocycles. The van der Waals surface area contributed by atoms with Crippen LogP contribution in [0.4, 0.5) is 5.69 Å². The van der Waals surface area contributed by atoms with E-state index in [0.29, 0.717) is 18.3 Å². The molecule has 1 atom stereocenters. The quantitative estimate of drug-likeness (QED) is 0.501. The van der Waals surface area contributed by atoms with Gasteiger partial charge in [0.15, 0.2) is 6.61 Å². The van der Waals surface area contributed by atoms with Crippen molar-refractivity contribution in [2.75, 3.05) is 18.5 Å². The zero-order chi connectivity index (χ0) is 20.4. The number of ether oxygens (including phenoxy) is 2. The SMILES string of the molecule is CCOc1ccccc1/C=C/C(=O)OCC(=O)Nc1ccccc1[C@@H](C)CC. The van der Waals surface area contributed by atoms with Crippen LogP contribution in [0.25, 0.3) is 6.08 Å². The van der Waals surface area contributed by atoms with Gasteiger partial charge in [-0.2, -0.15) is 0 Å². The van der Waals surface area contributed by atoms with E-state index in [9.17, 15) is 9.59 Å². The summed E-state index contributed by atoms with van der Waals surface area (Å²) in [5.41, 5.74) is 2.59. The molecule has 0 aromatic heterocycles. The topological polar surface area (TPSA) is 64.6 Å². The summed E-state index contributed by atoms with van der Waals surface area (Å²) in [5.74, 6) is 0.0599. The third-order valence-corrected chi connectivity index (χ3v) is 4.34. The van der Waals surface area contributed by atoms with Crippen LogP contribution in [0.2, 0.25) is 0 Å². The normalized spacial score (nSPS) is 11.8. The van der Waals surface area contributed by atoms with Crippen molar-refractivity contribution in [3.05, 3.63) is 65.7 Å². The van der Waals surface area contributed by atoms with Crippen molar-refractivity contribution in [1.82, 2.24) is 0 Å². The maximum atomic E-state index is 12.2. The molecule has 0 spiro atoms. The number of hydrogen-bond donors (Lipinski definition) is 1. The maximum absolute atomic E-state index is 12.2. The number of hydrogen-bond acceptors (Lipinski definition) is 4. The number of esters is 1. The summed E-state index contributed by atoms with van der Waals surface area (Å²) in [6.45, 7) is 6.29. The van der Waals surface area contributed by atoms with Crippen LogP contribution in [-0.4, -0.2) is 25.1 Å². The second kappa shape index (κ2) is 10.9. The van der Waals surface area contributed by atoms with Gasteiger partial charge in [-0.25, -0.2) is 4.79 Å². The van der Waals surface area contributed by atoms with E-state index in [2.05, 4.69) is 19.2 Å². The molecule has 2 rings (SSSR count). The van der Waals surface area contributed by atoms with Crippen molar-refractivity contribution < 1.29 is 19.1 Å². The molecule has 5 heteroatoms. The average molecular weight is 381 g/mol. The number of benzene rings is 2. The Morgan fingerprint density at radius 3 is 2.54 bits per heavy atom. The van der Waals surface area contributed by atoms with Crippen LogP contribution < -0.4 is 10.1 Å². The fraction of sp³-hybridized carbons (Fsp3) is 0.304. The molecule has 28 heavy (non-hydrogen) atoms. The standard InChI is InChI=1S/C23H27NO4/c1-4-17(3)19-11-7-8-12-20(19)24-22(25)16-28-23(26)15-14-18-10-6-9-13-21(18)27-5-2/h6-15,17H,4-5,16H2,1-3H3,(H,24,25)/b15-14+/t17-/m0/s1. The molecular weight excluding hydrogens is 354 g/mol. The molecule has 5 nitrogen and oxygen atoms in total. The Bertz CT molecular complexity index is 829. The Hall–Kier alpha value is -3.08. The van der Waals surface area contributed by atoms with Crippen LogP contribution in [0, 0.1) is 0 Å². The van der Waals surface area contributed by atoms with Gasteiger partial charge in [-0.05, 0) is 43.0 Å². The number of nitrogens with one attached hydrogen (secondary N) is 1. The predicted octanol–water partition coefficient (Wildman–Crippen LogP) is 4.79. The average Bonchev–Trinajstić information content (AvgIpc) is 2.71. The van der Waals surface area contributed by atoms with Gasteiger partial charge in [0.25, 0.3) is 5.91 Å². The summed E-state index contributed by atoms with van der Waals surface area (Å²) in [6, 6.07) is 15.1. The Labute approximate surface area is 166 Å². The maximum Gasteiger partial charge on any atom is 0.331 e. The minimum absolute atomic E-state index is 0.326. The minimum atomic E-state index is -0.586. The van der Waals surface area contributed by atoms with Crippen molar-refractivity contribution >= 4 is 23.6 Å². The Morgan fingerprint density at radius 1 is 1.07 bits per heavy atom. The molecule has 2 aromatic carbocycles. The summed E-state index contributed by atoms with van der Waals surface area (Å²) in [7, 11) is 0. The summed E-state index contributed by atoms with van der Waals surface area (Å²) in [4.78, 5) is 24.1. The number of amides is 1. The predicted molar refractivity (Wildman–Crippen MR) is 111 cm³/mol. The second-order valence-corrected chi connectivity index (χ2v) is 6.36. The van der Waals surface area contributed by atoms with Crippen LogP contribution in [0.3, 0.4) is 0 Å². The third kappa shape index (κ3) is 6.27. The molecule has 0 bridgehead atoms. The summed E-state index contributed by atoms with van der Waals surface area (Å²) >= 11 is 0. The highest BCUT2D eigenvalue weighted by Crippen LogP contribution is 2.26. The van der Waals surface area contributed by atoms with Gasteiger partial charge in [0.05, 0.1) is 6.61 Å². The third-order valence-electron chi connectivity index (χ3n) is 4.34. The molecule has 0 heterocycles. The van der Waals surface area contributed by atoms with E-state index >= 15 is 0 Å². The van der Waals surface area contributed by atoms with Crippen molar-refractivity contribution in [1.29, 1.82) is 0 Å². The van der Waals surface area contributed by atoms with Crippen LogP contribution in [-0.2, 0) is 14.3 Å². The Balaban J connectivity index is 1.91. The van der Waals surface area contributed by atoms with Gasteiger partial charge in [0.2, 0.25) is 0 Å². The molecule has 1 N–H and O–H groups in total. The zero-order valence-corrected chi connectivity index (χ0v) is 16.6. The van der Waals surface area contributed by atoms with E-state index in [0.717, 1.165) is 23.2 Å². The molecule has 0 unspecified atom stereocenters. The summed E-state index contributed by atoms with van der Waals surface area (Å²) in [5, 5.41) is 2.82. The highest BCUT2D eigenvalue weighted by molar-refractivity contribution is 5.95. The molecular formula is C23H27NO4. The van der Waals surface area contributed by atoms with Crippen molar-refractivity contribution in [2.24, 2.45) is 0 Å². The van der Waals surface area contributed by atoms with Crippen molar-refractivity contribution in [3.63, 3.8) is 0 Å². The Kier molecular flexibility index (Phi) is 8.28. The van der Waals surface area contributed by atoms with Gasteiger partial charge >= 0.3 is 5.97 Å². The van der Waals surface area contributed by atoms with Gasteiger partial charge in [-0.15, -0.1) is 0 Å². The van der Waals surface area contributed by atoms with E-state index in [1.54, 1.807) is 6.08 Å². The first-order valence-electron chi connectivity index (χ1n) is 9.50. The molecule has 0 fully saturated rings. The molecule has 0 radical (unpaired) electrons. The van der Waals surface area contributed by atoms with E-state index in [1.165, 1.54) is 6.08 Å². The molecule has 1 amide bonds. The number of carbonyl (C=O) groups is 2. The lowest BCUT2D eigenvalue weighted by molar-refractivity contribution is -0.142. The van der Waals surface area contributed by atoms with E-state index in [4.69, 9.17) is 9.47 Å². The molecule has 0 aliphatic carbocycles. The van der Waals surface area contributed by atoms with Gasteiger partial charge in [-0.3, -0.25) is 4.79 Å². The number of para-hydroxylation sites is 2. The fourth-order valence-corrected chi connectivity index (χ4v) is 2.69. The molecule has 0 aliphatic rings. The minimum Gasteiger partial charge on any atom is -0.493 e. The van der Waals surface area contributed by atoms with Crippen LogP contribution >= 0.6 is 0 Å². The van der Waals surface area contributed by atoms with Crippen LogP contribution in [0.5, 0.6) is 5.75 Å². The smallest absolute Gasteiger partial charge is 0.331 e. The van der Waals surface area contributed by atoms with E-state index in [-0.39, 0.29) is 12.5 Å². The first-order chi connectivity index (χ1) is 13.5. The monoisotopic (exact) mass is 381 g/mol. The first-order valence-corrected chi connectivity index (χ1v) is 9.50. The van der Waals surface area contributed by atoms with Crippen LogP contribution in [0.15, 0.2) is 54.6 Å². The Morgan fingerprint density at radius 2 is 1.79 bits per heavy atom. The van der Waals surface area contributed by atoms with Gasteiger partial charge in [0, 0.05) is 17.3 Å². The fourth-order valence-electron chi connectivity index (χ4n) is 2.69. The lowest BCUT2D eigenvalue weighted by atomic mass is 9.97. The highest BCUT2D eigenvalue weighted by Gasteiger charge is 2.12. The van der Waals surface area contributed by atoms with E-state index < -0.39 is 5.97 Å². The molecule has 2 aromatic rings. The van der Waals surface area contributed by atoms with Gasteiger partial charge < -0.3 is 14.8 Å². The second-order valence-electron chi connectivity index (χ2n) is 6.36. The largest absolute Gasteiger partial charge is 0.493 e. The zero-order valence-electron chi connectivity index (χ0n) is 16.6. The van der Waals surface area contributed by atoms with Gasteiger partial charge in [-0.1, -0.05) is 50.2 Å². The first kappa shape index (κ1) is 21.2. The van der Waals surface area contributed by atoms with Crippen molar-refractivity contribution in [3.8, 4) is 5.75 Å². The van der Waals surface area contributed by atoms with Crippen LogP contribution in [0.1, 0.15) is 44.2 Å². The number of anilines is 1. The number of carbonyl (C=O) groups excluding carboxylic acids is 2. The summed E-state index contributed by atoms with van der Waals surface area (Å²) in [6.07, 6.45) is 3.87. The lowest BCUT2D eigenvalue weighted by Crippen LogP contribution is -2.21. The molecule has 0 saturated heterocycles. The van der Waals surface area contributed by atoms with E-state index in [1.807, 2.05) is 55.5 Å².